The molecule has 0 heterocycles. The first-order valence-corrected chi connectivity index (χ1v) is 32.7. The molecule has 3 N–H and O–H groups in total. The number of rotatable bonds is 61. The highest BCUT2D eigenvalue weighted by Crippen LogP contribution is 2.18. The molecule has 0 aromatic heterocycles. The number of aliphatic hydroxyl groups excluding tert-OH is 2. The van der Waals surface area contributed by atoms with E-state index in [0.717, 1.165) is 51.4 Å². The average Bonchev–Trinajstić information content (AvgIpc) is 3.39. The van der Waals surface area contributed by atoms with Crippen LogP contribution in [0.1, 0.15) is 354 Å². The third-order valence-electron chi connectivity index (χ3n) is 15.2. The molecule has 0 rings (SSSR count). The summed E-state index contributed by atoms with van der Waals surface area (Å²) in [6.45, 7) is 4.92. The molecule has 6 heteroatoms. The van der Waals surface area contributed by atoms with E-state index in [0.29, 0.717) is 25.9 Å². The van der Waals surface area contributed by atoms with E-state index < -0.39 is 12.1 Å². The lowest BCUT2D eigenvalue weighted by Gasteiger charge is -2.22. The van der Waals surface area contributed by atoms with Gasteiger partial charge in [0.05, 0.1) is 25.4 Å². The zero-order valence-corrected chi connectivity index (χ0v) is 49.1. The van der Waals surface area contributed by atoms with Crippen molar-refractivity contribution < 1.29 is 24.5 Å². The van der Waals surface area contributed by atoms with Crippen molar-refractivity contribution in [2.24, 2.45) is 0 Å². The fourth-order valence-electron chi connectivity index (χ4n) is 10.1. The van der Waals surface area contributed by atoms with Crippen molar-refractivity contribution in [2.45, 2.75) is 366 Å². The number of carbonyl (C=O) groups is 2. The average molecular weight is 1030 g/mol. The Kier molecular flexibility index (Phi) is 61.0. The number of nitrogens with one attached hydrogen (secondary N) is 1. The SMILES string of the molecule is CCCC/C=C\C/C=C\CCCCCCCC(=O)OCCCCCCCCCCCCCC/C=C\CCCCCCCCCCCCCCCC(=O)NC(CO)C(O)CCCCCCCCCCCCCCC. The third-order valence-corrected chi connectivity index (χ3v) is 15.2. The number of esters is 1. The van der Waals surface area contributed by atoms with Crippen LogP contribution in [0.3, 0.4) is 0 Å². The molecule has 0 aliphatic heterocycles. The fraction of sp³-hybridized carbons (Fsp3) is 0.881. The third kappa shape index (κ3) is 59.2. The lowest BCUT2D eigenvalue weighted by Crippen LogP contribution is -2.45. The summed E-state index contributed by atoms with van der Waals surface area (Å²) in [5, 5.41) is 23.3. The smallest absolute Gasteiger partial charge is 0.305 e. The van der Waals surface area contributed by atoms with E-state index in [4.69, 9.17) is 4.74 Å². The molecule has 6 nitrogen and oxygen atoms in total. The lowest BCUT2D eigenvalue weighted by atomic mass is 10.0. The molecule has 0 radical (unpaired) electrons. The van der Waals surface area contributed by atoms with Crippen LogP contribution < -0.4 is 5.32 Å². The molecule has 0 bridgehead atoms. The fourth-order valence-corrected chi connectivity index (χ4v) is 10.1. The van der Waals surface area contributed by atoms with Crippen molar-refractivity contribution in [2.75, 3.05) is 13.2 Å². The maximum atomic E-state index is 12.5. The Hall–Kier alpha value is -1.92. The molecule has 0 aliphatic rings. The van der Waals surface area contributed by atoms with E-state index in [1.807, 2.05) is 0 Å². The zero-order chi connectivity index (χ0) is 52.9. The molecule has 0 aromatic carbocycles. The summed E-state index contributed by atoms with van der Waals surface area (Å²) >= 11 is 0. The maximum Gasteiger partial charge on any atom is 0.305 e. The van der Waals surface area contributed by atoms with Crippen molar-refractivity contribution in [3.8, 4) is 0 Å². The van der Waals surface area contributed by atoms with Gasteiger partial charge in [-0.2, -0.15) is 0 Å². The van der Waals surface area contributed by atoms with Crippen LogP contribution in [0.2, 0.25) is 0 Å². The predicted octanol–water partition coefficient (Wildman–Crippen LogP) is 20.8. The number of amides is 1. The Bertz CT molecular complexity index is 1180. The summed E-state index contributed by atoms with van der Waals surface area (Å²) in [4.78, 5) is 24.5. The highest BCUT2D eigenvalue weighted by atomic mass is 16.5. The van der Waals surface area contributed by atoms with E-state index in [-0.39, 0.29) is 18.5 Å². The van der Waals surface area contributed by atoms with E-state index in [1.54, 1.807) is 0 Å². The number of carbonyl (C=O) groups excluding carboxylic acids is 2. The summed E-state index contributed by atoms with van der Waals surface area (Å²) < 4.78 is 5.48. The number of aliphatic hydroxyl groups is 2. The number of hydrogen-bond donors (Lipinski definition) is 3. The quantitative estimate of drug-likeness (QED) is 0.0320. The summed E-state index contributed by atoms with van der Waals surface area (Å²) in [5.74, 6) is -0.0312. The first-order valence-electron chi connectivity index (χ1n) is 32.7. The van der Waals surface area contributed by atoms with Crippen LogP contribution >= 0.6 is 0 Å². The van der Waals surface area contributed by atoms with Crippen LogP contribution in [0.5, 0.6) is 0 Å². The molecule has 2 atom stereocenters. The van der Waals surface area contributed by atoms with Gasteiger partial charge in [-0.05, 0) is 77.0 Å². The van der Waals surface area contributed by atoms with E-state index >= 15 is 0 Å². The molecule has 0 saturated carbocycles. The standard InChI is InChI=1S/C67H127NO5/c1-3-5-7-9-11-13-15-17-37-41-45-49-53-57-61-67(72)73-62-58-54-50-46-42-38-34-32-30-28-26-24-22-20-18-19-21-23-25-27-29-31-33-36-40-44-48-52-56-60-66(71)68-64(63-69)65(70)59-55-51-47-43-39-35-16-14-12-10-8-6-4-2/h9,11,15,17-18,20,64-65,69-70H,3-8,10,12-14,16,19,21-63H2,1-2H3,(H,68,71)/b11-9-,17-15-,20-18-. The molecule has 73 heavy (non-hydrogen) atoms. The van der Waals surface area contributed by atoms with Crippen LogP contribution in [0, 0.1) is 0 Å². The highest BCUT2D eigenvalue weighted by molar-refractivity contribution is 5.76. The Labute approximate surface area is 455 Å². The molecule has 0 fully saturated rings. The summed E-state index contributed by atoms with van der Waals surface area (Å²) in [6.07, 6.45) is 78.9. The molecule has 0 spiro atoms. The van der Waals surface area contributed by atoms with Gasteiger partial charge in [0.2, 0.25) is 5.91 Å². The first kappa shape index (κ1) is 71.1. The summed E-state index contributed by atoms with van der Waals surface area (Å²) in [6, 6.07) is -0.540. The minimum absolute atomic E-state index is 0.00188. The predicted molar refractivity (Wildman–Crippen MR) is 319 cm³/mol. The molecule has 1 amide bonds. The Morgan fingerprint density at radius 1 is 0.384 bits per heavy atom. The highest BCUT2D eigenvalue weighted by Gasteiger charge is 2.20. The lowest BCUT2D eigenvalue weighted by molar-refractivity contribution is -0.143. The number of unbranched alkanes of at least 4 members (excludes halogenated alkanes) is 44. The van der Waals surface area contributed by atoms with Gasteiger partial charge in [0.25, 0.3) is 0 Å². The molecule has 430 valence electrons. The van der Waals surface area contributed by atoms with Crippen molar-refractivity contribution in [3.63, 3.8) is 0 Å². The van der Waals surface area contributed by atoms with Gasteiger partial charge < -0.3 is 20.3 Å². The zero-order valence-electron chi connectivity index (χ0n) is 49.1. The van der Waals surface area contributed by atoms with Gasteiger partial charge in [-0.1, -0.05) is 301 Å². The number of ether oxygens (including phenoxy) is 1. The van der Waals surface area contributed by atoms with Gasteiger partial charge in [-0.25, -0.2) is 0 Å². The minimum Gasteiger partial charge on any atom is -0.466 e. The second-order valence-electron chi connectivity index (χ2n) is 22.4. The molecule has 0 aromatic rings. The van der Waals surface area contributed by atoms with E-state index in [2.05, 4.69) is 55.6 Å². The van der Waals surface area contributed by atoms with Crippen LogP contribution in [0.25, 0.3) is 0 Å². The van der Waals surface area contributed by atoms with E-state index in [1.165, 1.54) is 270 Å². The Balaban J connectivity index is 3.36. The van der Waals surface area contributed by atoms with Crippen LogP contribution in [0.4, 0.5) is 0 Å². The normalized spacial score (nSPS) is 12.8. The van der Waals surface area contributed by atoms with E-state index in [9.17, 15) is 19.8 Å². The summed E-state index contributed by atoms with van der Waals surface area (Å²) in [5.41, 5.74) is 0. The largest absolute Gasteiger partial charge is 0.466 e. The molecule has 2 unspecified atom stereocenters. The molecular weight excluding hydrogens is 899 g/mol. The van der Waals surface area contributed by atoms with Crippen LogP contribution in [-0.2, 0) is 14.3 Å². The van der Waals surface area contributed by atoms with Crippen molar-refractivity contribution >= 4 is 11.9 Å². The first-order chi connectivity index (χ1) is 36.0. The second-order valence-corrected chi connectivity index (χ2v) is 22.4. The topological polar surface area (TPSA) is 95.9 Å². The van der Waals surface area contributed by atoms with Crippen molar-refractivity contribution in [3.05, 3.63) is 36.5 Å². The minimum atomic E-state index is -0.663. The Morgan fingerprint density at radius 3 is 1.10 bits per heavy atom. The van der Waals surface area contributed by atoms with Crippen molar-refractivity contribution in [1.82, 2.24) is 5.32 Å². The molecule has 0 saturated heterocycles. The molecule has 0 aliphatic carbocycles. The van der Waals surface area contributed by atoms with Crippen molar-refractivity contribution in [1.29, 1.82) is 0 Å². The second kappa shape index (κ2) is 62.6. The molecular formula is C67H127NO5. The van der Waals surface area contributed by atoms with Gasteiger partial charge >= 0.3 is 5.97 Å². The number of allylic oxidation sites excluding steroid dienone is 6. The Morgan fingerprint density at radius 2 is 0.699 bits per heavy atom. The van der Waals surface area contributed by atoms with Gasteiger partial charge in [0.1, 0.15) is 0 Å². The van der Waals surface area contributed by atoms with Gasteiger partial charge in [0, 0.05) is 12.8 Å². The number of hydrogen-bond acceptors (Lipinski definition) is 5. The maximum absolute atomic E-state index is 12.5. The summed E-state index contributed by atoms with van der Waals surface area (Å²) in [7, 11) is 0. The van der Waals surface area contributed by atoms with Crippen LogP contribution in [-0.4, -0.2) is 47.4 Å². The monoisotopic (exact) mass is 1030 g/mol. The van der Waals surface area contributed by atoms with Gasteiger partial charge in [-0.15, -0.1) is 0 Å². The van der Waals surface area contributed by atoms with Gasteiger partial charge in [0.15, 0.2) is 0 Å². The van der Waals surface area contributed by atoms with Crippen LogP contribution in [0.15, 0.2) is 36.5 Å². The van der Waals surface area contributed by atoms with Gasteiger partial charge in [-0.3, -0.25) is 9.59 Å².